The van der Waals surface area contributed by atoms with E-state index in [0.29, 0.717) is 46.3 Å². The number of anilines is 2. The van der Waals surface area contributed by atoms with Gasteiger partial charge in [0.1, 0.15) is 5.82 Å². The Bertz CT molecular complexity index is 1320. The molecule has 1 aliphatic rings. The number of benzene rings is 1. The van der Waals surface area contributed by atoms with E-state index >= 15 is 0 Å². The van der Waals surface area contributed by atoms with Crippen LogP contribution in [0.2, 0.25) is 5.02 Å². The Morgan fingerprint density at radius 3 is 2.63 bits per heavy atom. The van der Waals surface area contributed by atoms with Crippen molar-refractivity contribution >= 4 is 40.6 Å². The number of carbonyl (C=O) groups excluding carboxylic acids is 2. The average molecular weight is 487 g/mol. The van der Waals surface area contributed by atoms with Crippen molar-refractivity contribution in [1.29, 1.82) is 5.41 Å². The molecule has 0 radical (unpaired) electrons. The van der Waals surface area contributed by atoms with Crippen molar-refractivity contribution in [3.8, 4) is 11.8 Å². The summed E-state index contributed by atoms with van der Waals surface area (Å²) in [5.74, 6) is 5.18. The third-order valence-corrected chi connectivity index (χ3v) is 5.85. The van der Waals surface area contributed by atoms with Crippen LogP contribution >= 0.6 is 11.6 Å². The highest BCUT2D eigenvalue weighted by molar-refractivity contribution is 6.34. The van der Waals surface area contributed by atoms with Gasteiger partial charge >= 0.3 is 0 Å². The van der Waals surface area contributed by atoms with Gasteiger partial charge in [-0.15, -0.1) is 0 Å². The molecule has 9 heteroatoms. The molecule has 1 unspecified atom stereocenters. The number of pyridine rings is 2. The molecular weight excluding hydrogens is 464 g/mol. The van der Waals surface area contributed by atoms with Gasteiger partial charge in [0.2, 0.25) is 0 Å². The van der Waals surface area contributed by atoms with Gasteiger partial charge in [0.25, 0.3) is 11.8 Å². The largest absolute Gasteiger partial charge is 0.379 e. The topological polar surface area (TPSA) is 111 Å². The minimum atomic E-state index is -0.290. The Morgan fingerprint density at radius 1 is 1.14 bits per heavy atom. The molecule has 3 aromatic rings. The third kappa shape index (κ3) is 5.65. The summed E-state index contributed by atoms with van der Waals surface area (Å²) in [6.07, 6.45) is 5.44. The van der Waals surface area contributed by atoms with Crippen molar-refractivity contribution < 1.29 is 9.59 Å². The van der Waals surface area contributed by atoms with Crippen LogP contribution < -0.4 is 10.6 Å². The van der Waals surface area contributed by atoms with Gasteiger partial charge in [0, 0.05) is 54.4 Å². The smallest absolute Gasteiger partial charge is 0.298 e. The minimum Gasteiger partial charge on any atom is -0.379 e. The number of carbonyl (C=O) groups is 2. The quantitative estimate of drug-likeness (QED) is 0.362. The normalized spacial score (nSPS) is 14.6. The summed E-state index contributed by atoms with van der Waals surface area (Å²) in [6, 6.07) is 12.0. The van der Waals surface area contributed by atoms with Crippen molar-refractivity contribution in [3.63, 3.8) is 0 Å². The first-order chi connectivity index (χ1) is 17.0. The zero-order valence-corrected chi connectivity index (χ0v) is 19.8. The Hall–Kier alpha value is -4.22. The Balaban J connectivity index is 1.49. The lowest BCUT2D eigenvalue weighted by atomic mass is 10.0. The maximum atomic E-state index is 12.5. The Labute approximate surface area is 208 Å². The van der Waals surface area contributed by atoms with Crippen LogP contribution in [0.15, 0.2) is 61.1 Å². The number of nitrogens with zero attached hydrogens (tertiary/aromatic N) is 3. The molecule has 1 saturated heterocycles. The SMILES string of the molecule is CC#CC(=O)N1CCC(Nc2c(Cl)cncc2C(=N)c2ccc(C(=O)Nc3ccccn3)cc2)C1. The van der Waals surface area contributed by atoms with Gasteiger partial charge in [-0.3, -0.25) is 20.0 Å². The van der Waals surface area contributed by atoms with E-state index < -0.39 is 0 Å². The lowest BCUT2D eigenvalue weighted by molar-refractivity contribution is -0.124. The molecule has 2 amide bonds. The predicted octanol–water partition coefficient (Wildman–Crippen LogP) is 3.83. The second-order valence-electron chi connectivity index (χ2n) is 7.92. The number of halogens is 1. The molecule has 4 rings (SSSR count). The fourth-order valence-electron chi connectivity index (χ4n) is 3.79. The number of amides is 2. The maximum absolute atomic E-state index is 12.5. The molecule has 0 aliphatic carbocycles. The van der Waals surface area contributed by atoms with Crippen molar-refractivity contribution in [3.05, 3.63) is 82.8 Å². The van der Waals surface area contributed by atoms with E-state index in [1.807, 2.05) is 0 Å². The van der Waals surface area contributed by atoms with Crippen molar-refractivity contribution in [2.24, 2.45) is 0 Å². The van der Waals surface area contributed by atoms with E-state index in [2.05, 4.69) is 32.4 Å². The van der Waals surface area contributed by atoms with Crippen LogP contribution in [0, 0.1) is 17.3 Å². The van der Waals surface area contributed by atoms with Crippen LogP contribution in [0.1, 0.15) is 34.8 Å². The molecule has 1 aliphatic heterocycles. The van der Waals surface area contributed by atoms with Crippen LogP contribution in [0.4, 0.5) is 11.5 Å². The first-order valence-corrected chi connectivity index (χ1v) is 11.4. The molecule has 3 heterocycles. The summed E-state index contributed by atoms with van der Waals surface area (Å²) < 4.78 is 0. The summed E-state index contributed by atoms with van der Waals surface area (Å²) in [4.78, 5) is 34.5. The molecule has 3 N–H and O–H groups in total. The van der Waals surface area contributed by atoms with Crippen molar-refractivity contribution in [2.75, 3.05) is 23.7 Å². The van der Waals surface area contributed by atoms with E-state index in [9.17, 15) is 9.59 Å². The van der Waals surface area contributed by atoms with Gasteiger partial charge < -0.3 is 15.5 Å². The summed E-state index contributed by atoms with van der Waals surface area (Å²) in [7, 11) is 0. The van der Waals surface area contributed by atoms with Crippen molar-refractivity contribution in [1.82, 2.24) is 14.9 Å². The van der Waals surface area contributed by atoms with E-state index in [1.54, 1.807) is 66.7 Å². The van der Waals surface area contributed by atoms with E-state index in [4.69, 9.17) is 17.0 Å². The molecule has 1 atom stereocenters. The van der Waals surface area contributed by atoms with Gasteiger partial charge in [-0.25, -0.2) is 4.98 Å². The number of nitrogens with one attached hydrogen (secondary N) is 3. The highest BCUT2D eigenvalue weighted by atomic mass is 35.5. The molecule has 8 nitrogen and oxygen atoms in total. The zero-order chi connectivity index (χ0) is 24.8. The number of likely N-dealkylation sites (tertiary alicyclic amines) is 1. The average Bonchev–Trinajstić information content (AvgIpc) is 3.34. The monoisotopic (exact) mass is 486 g/mol. The van der Waals surface area contributed by atoms with Crippen LogP contribution in [0.5, 0.6) is 0 Å². The van der Waals surface area contributed by atoms with Gasteiger partial charge in [0.05, 0.1) is 16.4 Å². The fraction of sp³-hybridized carbons (Fsp3) is 0.192. The maximum Gasteiger partial charge on any atom is 0.298 e. The summed E-state index contributed by atoms with van der Waals surface area (Å²) in [5.41, 5.74) is 2.38. The van der Waals surface area contributed by atoms with Crippen LogP contribution in [-0.4, -0.2) is 51.5 Å². The molecule has 0 spiro atoms. The fourth-order valence-corrected chi connectivity index (χ4v) is 4.01. The number of rotatable bonds is 6. The van der Waals surface area contributed by atoms with Gasteiger partial charge in [-0.1, -0.05) is 35.7 Å². The van der Waals surface area contributed by atoms with Crippen LogP contribution in [0.25, 0.3) is 0 Å². The summed E-state index contributed by atoms with van der Waals surface area (Å²) in [6.45, 7) is 2.74. The molecule has 1 fully saturated rings. The second kappa shape index (κ2) is 10.8. The molecule has 0 bridgehead atoms. The second-order valence-corrected chi connectivity index (χ2v) is 8.33. The van der Waals surface area contributed by atoms with E-state index in [0.717, 1.165) is 6.42 Å². The molecule has 35 heavy (non-hydrogen) atoms. The van der Waals surface area contributed by atoms with E-state index in [-0.39, 0.29) is 23.6 Å². The lowest BCUT2D eigenvalue weighted by Crippen LogP contribution is -2.31. The number of hydrogen-bond donors (Lipinski definition) is 3. The lowest BCUT2D eigenvalue weighted by Gasteiger charge is -2.19. The van der Waals surface area contributed by atoms with Crippen LogP contribution in [-0.2, 0) is 4.79 Å². The predicted molar refractivity (Wildman–Crippen MR) is 136 cm³/mol. The molecule has 176 valence electrons. The number of hydrogen-bond acceptors (Lipinski definition) is 6. The zero-order valence-electron chi connectivity index (χ0n) is 19.0. The molecule has 1 aromatic carbocycles. The molecule has 2 aromatic heterocycles. The molecule has 0 saturated carbocycles. The summed E-state index contributed by atoms with van der Waals surface area (Å²) in [5, 5.41) is 15.3. The standard InChI is InChI=1S/C26H23ClN6O2/c1-2-5-23(34)33-13-11-19(16-33)31-25-20(14-29-15-21(25)27)24(28)17-7-9-18(10-8-17)26(35)32-22-6-3-4-12-30-22/h3-4,6-10,12,14-15,19,28H,11,13,16H2,1H3,(H,29,31)(H,30,32,35). The van der Waals surface area contributed by atoms with E-state index in [1.165, 1.54) is 6.20 Å². The number of aromatic nitrogens is 2. The Morgan fingerprint density at radius 2 is 1.91 bits per heavy atom. The van der Waals surface area contributed by atoms with Crippen LogP contribution in [0.3, 0.4) is 0 Å². The highest BCUT2D eigenvalue weighted by Gasteiger charge is 2.27. The first kappa shape index (κ1) is 23.9. The third-order valence-electron chi connectivity index (χ3n) is 5.57. The Kier molecular flexibility index (Phi) is 7.38. The van der Waals surface area contributed by atoms with Gasteiger partial charge in [0.15, 0.2) is 0 Å². The summed E-state index contributed by atoms with van der Waals surface area (Å²) >= 11 is 6.45. The van der Waals surface area contributed by atoms with Gasteiger partial charge in [-0.2, -0.15) is 0 Å². The highest BCUT2D eigenvalue weighted by Crippen LogP contribution is 2.29. The van der Waals surface area contributed by atoms with Crippen molar-refractivity contribution in [2.45, 2.75) is 19.4 Å². The van der Waals surface area contributed by atoms with Gasteiger partial charge in [-0.05, 0) is 43.5 Å². The molecular formula is C26H23ClN6O2. The minimum absolute atomic E-state index is 0.0262. The first-order valence-electron chi connectivity index (χ1n) is 11.0.